The van der Waals surface area contributed by atoms with Crippen LogP contribution in [-0.2, 0) is 6.42 Å². The molecule has 1 unspecified atom stereocenters. The van der Waals surface area contributed by atoms with E-state index in [1.165, 1.54) is 6.07 Å². The lowest BCUT2D eigenvalue weighted by molar-refractivity contribution is -0.225. The van der Waals surface area contributed by atoms with Gasteiger partial charge in [0.25, 0.3) is 0 Å². The quantitative estimate of drug-likeness (QED) is 0.314. The molecule has 0 saturated heterocycles. The average molecular weight is 471 g/mol. The molecule has 0 heterocycles. The summed E-state index contributed by atoms with van der Waals surface area (Å²) in [4.78, 5) is 0. The third kappa shape index (κ3) is 7.24. The molecule has 0 aromatic heterocycles. The van der Waals surface area contributed by atoms with Gasteiger partial charge < -0.3 is 16.2 Å². The van der Waals surface area contributed by atoms with Gasteiger partial charge in [0.15, 0.2) is 0 Å². The number of ether oxygens (including phenoxy) is 1. The first-order chi connectivity index (χ1) is 15.4. The van der Waals surface area contributed by atoms with Gasteiger partial charge in [-0.3, -0.25) is 0 Å². The van der Waals surface area contributed by atoms with Gasteiger partial charge in [-0.15, -0.1) is 0 Å². The van der Waals surface area contributed by atoms with Crippen molar-refractivity contribution in [3.63, 3.8) is 0 Å². The van der Waals surface area contributed by atoms with Crippen molar-refractivity contribution in [2.45, 2.75) is 70.1 Å². The molecule has 0 spiro atoms. The monoisotopic (exact) mass is 470 g/mol. The summed E-state index contributed by atoms with van der Waals surface area (Å²) in [5, 5.41) is 0. The van der Waals surface area contributed by atoms with Crippen molar-refractivity contribution in [1.29, 1.82) is 0 Å². The maximum atomic E-state index is 14.8. The first kappa shape index (κ1) is 25.1. The highest BCUT2D eigenvalue weighted by Gasteiger charge is 2.45. The number of nitrogens with two attached hydrogens (primary N) is 2. The predicted molar refractivity (Wildman–Crippen MR) is 120 cm³/mol. The molecule has 1 saturated carbocycles. The lowest BCUT2D eigenvalue weighted by Gasteiger charge is -2.33. The van der Waals surface area contributed by atoms with E-state index in [2.05, 4.69) is 0 Å². The number of hydrogen-bond donors (Lipinski definition) is 2. The number of benzene rings is 2. The topological polar surface area (TPSA) is 61.3 Å². The van der Waals surface area contributed by atoms with Crippen LogP contribution in [0.25, 0.3) is 0 Å². The molecule has 0 aliphatic heterocycles. The number of anilines is 2. The van der Waals surface area contributed by atoms with E-state index in [9.17, 15) is 22.0 Å². The summed E-state index contributed by atoms with van der Waals surface area (Å²) < 4.78 is 72.5. The maximum absolute atomic E-state index is 14.8. The lowest BCUT2D eigenvalue weighted by Crippen LogP contribution is -2.37. The van der Waals surface area contributed by atoms with E-state index < -0.39 is 30.5 Å². The first-order valence-electron chi connectivity index (χ1n) is 11.3. The number of rotatable bonds is 8. The molecule has 1 aliphatic rings. The Morgan fingerprint density at radius 1 is 0.939 bits per heavy atom. The molecule has 4 N–H and O–H groups in total. The molecule has 8 heteroatoms. The van der Waals surface area contributed by atoms with Crippen molar-refractivity contribution < 1.29 is 26.7 Å². The summed E-state index contributed by atoms with van der Waals surface area (Å²) in [5.41, 5.74) is 14.7. The minimum absolute atomic E-state index is 0.0157. The van der Waals surface area contributed by atoms with Crippen molar-refractivity contribution in [1.82, 2.24) is 0 Å². The minimum atomic E-state index is -4.26. The van der Waals surface area contributed by atoms with Crippen molar-refractivity contribution in [3.05, 3.63) is 53.6 Å². The van der Waals surface area contributed by atoms with Gasteiger partial charge in [-0.1, -0.05) is 19.1 Å². The van der Waals surface area contributed by atoms with Gasteiger partial charge in [0.1, 0.15) is 5.75 Å². The van der Waals surface area contributed by atoms with E-state index in [-0.39, 0.29) is 37.4 Å². The smallest absolute Gasteiger partial charge is 0.400 e. The van der Waals surface area contributed by atoms with E-state index in [1.54, 1.807) is 18.2 Å². The molecule has 33 heavy (non-hydrogen) atoms. The van der Waals surface area contributed by atoms with Gasteiger partial charge in [-0.2, -0.15) is 22.0 Å². The van der Waals surface area contributed by atoms with Crippen molar-refractivity contribution in [3.8, 4) is 5.75 Å². The number of alkyl halides is 5. The Bertz CT molecular complexity index is 903. The average Bonchev–Trinajstić information content (AvgIpc) is 2.70. The Morgan fingerprint density at radius 3 is 2.15 bits per heavy atom. The van der Waals surface area contributed by atoms with Gasteiger partial charge in [0.05, 0.1) is 5.92 Å². The van der Waals surface area contributed by atoms with Crippen LogP contribution >= 0.6 is 0 Å². The Hall–Kier alpha value is -2.51. The van der Waals surface area contributed by atoms with Crippen LogP contribution in [-0.4, -0.2) is 12.3 Å². The summed E-state index contributed by atoms with van der Waals surface area (Å²) in [6, 6.07) is 12.0. The first-order valence-corrected chi connectivity index (χ1v) is 11.3. The largest absolute Gasteiger partial charge is 0.432 e. The second-order valence-corrected chi connectivity index (χ2v) is 9.09. The fraction of sp³-hybridized carbons (Fsp3) is 0.520. The SMILES string of the molecule is CCC(Cc1cc(N)cc(N)c1)c1cccc(OC(F)(F)C2CCC(CC(F)(F)F)CC2)c1. The van der Waals surface area contributed by atoms with E-state index in [4.69, 9.17) is 16.2 Å². The summed E-state index contributed by atoms with van der Waals surface area (Å²) in [7, 11) is 0. The number of nitrogen functional groups attached to an aromatic ring is 2. The van der Waals surface area contributed by atoms with E-state index in [1.807, 2.05) is 25.1 Å². The zero-order chi connectivity index (χ0) is 24.2. The fourth-order valence-electron chi connectivity index (χ4n) is 4.75. The van der Waals surface area contributed by atoms with Crippen molar-refractivity contribution >= 4 is 11.4 Å². The van der Waals surface area contributed by atoms with Crippen LogP contribution in [0.4, 0.5) is 33.3 Å². The molecule has 0 amide bonds. The van der Waals surface area contributed by atoms with Crippen LogP contribution in [0.1, 0.15) is 62.5 Å². The Balaban J connectivity index is 1.66. The van der Waals surface area contributed by atoms with Crippen molar-refractivity contribution in [2.75, 3.05) is 11.5 Å². The molecule has 3 rings (SSSR count). The molecule has 1 fully saturated rings. The zero-order valence-electron chi connectivity index (χ0n) is 18.7. The standard InChI is InChI=1S/C25H31F5N2O/c1-2-18(10-17-11-21(31)14-22(32)12-17)19-4-3-5-23(13-19)33-25(29,30)20-8-6-16(7-9-20)15-24(26,27)28/h3-5,11-14,16,18,20H,2,6-10,15,31-32H2,1H3. The maximum Gasteiger partial charge on any atom is 0.400 e. The Morgan fingerprint density at radius 2 is 1.58 bits per heavy atom. The molecule has 2 aromatic rings. The highest BCUT2D eigenvalue weighted by atomic mass is 19.4. The minimum Gasteiger partial charge on any atom is -0.432 e. The van der Waals surface area contributed by atoms with Gasteiger partial charge in [0, 0.05) is 17.8 Å². The second kappa shape index (κ2) is 10.2. The predicted octanol–water partition coefficient (Wildman–Crippen LogP) is 7.32. The molecule has 0 radical (unpaired) electrons. The van der Waals surface area contributed by atoms with Crippen LogP contribution in [0, 0.1) is 11.8 Å². The highest BCUT2D eigenvalue weighted by molar-refractivity contribution is 5.54. The molecule has 1 aliphatic carbocycles. The summed E-state index contributed by atoms with van der Waals surface area (Å²) >= 11 is 0. The third-order valence-corrected chi connectivity index (χ3v) is 6.44. The van der Waals surface area contributed by atoms with Crippen molar-refractivity contribution in [2.24, 2.45) is 11.8 Å². The normalized spacial score (nSPS) is 20.4. The summed E-state index contributed by atoms with van der Waals surface area (Å²) in [5.74, 6) is -1.57. The van der Waals surface area contributed by atoms with Gasteiger partial charge in [-0.05, 0) is 91.8 Å². The van der Waals surface area contributed by atoms with Crippen LogP contribution in [0.5, 0.6) is 5.75 Å². The van der Waals surface area contributed by atoms with Crippen LogP contribution in [0.3, 0.4) is 0 Å². The highest BCUT2D eigenvalue weighted by Crippen LogP contribution is 2.43. The van der Waals surface area contributed by atoms with Gasteiger partial charge in [0.2, 0.25) is 0 Å². The van der Waals surface area contributed by atoms with Gasteiger partial charge >= 0.3 is 12.3 Å². The fourth-order valence-corrected chi connectivity index (χ4v) is 4.75. The lowest BCUT2D eigenvalue weighted by atomic mass is 9.80. The number of halogens is 5. The zero-order valence-corrected chi connectivity index (χ0v) is 18.7. The van der Waals surface area contributed by atoms with E-state index >= 15 is 0 Å². The van der Waals surface area contributed by atoms with Crippen LogP contribution < -0.4 is 16.2 Å². The summed E-state index contributed by atoms with van der Waals surface area (Å²) in [6.45, 7) is 2.02. The molecule has 182 valence electrons. The van der Waals surface area contributed by atoms with E-state index in [0.717, 1.165) is 17.5 Å². The Labute approximate surface area is 191 Å². The van der Waals surface area contributed by atoms with Crippen LogP contribution in [0.2, 0.25) is 0 Å². The number of hydrogen-bond acceptors (Lipinski definition) is 3. The molecule has 0 bridgehead atoms. The van der Waals surface area contributed by atoms with Gasteiger partial charge in [-0.25, -0.2) is 0 Å². The molecule has 2 aromatic carbocycles. The van der Waals surface area contributed by atoms with E-state index in [0.29, 0.717) is 17.8 Å². The molecule has 3 nitrogen and oxygen atoms in total. The second-order valence-electron chi connectivity index (χ2n) is 9.09. The summed E-state index contributed by atoms with van der Waals surface area (Å²) in [6.07, 6.45) is -6.90. The third-order valence-electron chi connectivity index (χ3n) is 6.44. The molecule has 1 atom stereocenters. The Kier molecular flexibility index (Phi) is 7.75. The molecular weight excluding hydrogens is 439 g/mol. The van der Waals surface area contributed by atoms with Crippen LogP contribution in [0.15, 0.2) is 42.5 Å². The molecular formula is C25H31F5N2O.